The summed E-state index contributed by atoms with van der Waals surface area (Å²) in [6.45, 7) is 6.34. The number of anilines is 1. The zero-order valence-electron chi connectivity index (χ0n) is 11.2. The summed E-state index contributed by atoms with van der Waals surface area (Å²) in [5, 5.41) is 4.21. The van der Waals surface area contributed by atoms with Gasteiger partial charge in [0.1, 0.15) is 0 Å². The Morgan fingerprint density at radius 3 is 2.37 bits per heavy atom. The molecule has 1 N–H and O–H groups in total. The summed E-state index contributed by atoms with van der Waals surface area (Å²) in [5.41, 5.74) is 2.20. The van der Waals surface area contributed by atoms with E-state index in [-0.39, 0.29) is 4.90 Å². The lowest BCUT2D eigenvalue weighted by Gasteiger charge is -2.06. The largest absolute Gasteiger partial charge is 0.276 e. The standard InChI is InChI=1S/C13H17N3O2S/c1-4-16-9-13(11(3)14-16)15-19(17,18)12-7-5-10(2)6-8-12/h5-9,15H,4H2,1-3H3. The molecule has 0 radical (unpaired) electrons. The normalized spacial score (nSPS) is 11.5. The summed E-state index contributed by atoms with van der Waals surface area (Å²) in [6, 6.07) is 6.74. The first-order chi connectivity index (χ1) is 8.92. The highest BCUT2D eigenvalue weighted by Gasteiger charge is 2.16. The summed E-state index contributed by atoms with van der Waals surface area (Å²) < 4.78 is 28.7. The highest BCUT2D eigenvalue weighted by molar-refractivity contribution is 7.92. The van der Waals surface area contributed by atoms with Crippen molar-refractivity contribution in [1.82, 2.24) is 9.78 Å². The van der Waals surface area contributed by atoms with Gasteiger partial charge < -0.3 is 0 Å². The Balaban J connectivity index is 2.30. The monoisotopic (exact) mass is 279 g/mol. The van der Waals surface area contributed by atoms with Crippen LogP contribution in [0.1, 0.15) is 18.2 Å². The minimum atomic E-state index is -3.55. The molecule has 1 heterocycles. The maximum absolute atomic E-state index is 12.2. The number of sulfonamides is 1. The van der Waals surface area contributed by atoms with E-state index in [2.05, 4.69) is 9.82 Å². The van der Waals surface area contributed by atoms with E-state index in [1.165, 1.54) is 0 Å². The van der Waals surface area contributed by atoms with Gasteiger partial charge in [-0.25, -0.2) is 8.42 Å². The lowest BCUT2D eigenvalue weighted by atomic mass is 10.2. The summed E-state index contributed by atoms with van der Waals surface area (Å²) in [4.78, 5) is 0.252. The molecular formula is C13H17N3O2S. The first-order valence-electron chi connectivity index (χ1n) is 6.06. The van der Waals surface area contributed by atoms with Crippen LogP contribution in [0.4, 0.5) is 5.69 Å². The molecule has 1 aromatic carbocycles. The van der Waals surface area contributed by atoms with Crippen molar-refractivity contribution >= 4 is 15.7 Å². The second-order valence-electron chi connectivity index (χ2n) is 4.40. The molecule has 0 amide bonds. The Bertz CT molecular complexity index is 672. The maximum atomic E-state index is 12.2. The summed E-state index contributed by atoms with van der Waals surface area (Å²) in [5.74, 6) is 0. The topological polar surface area (TPSA) is 64.0 Å². The number of hydrogen-bond acceptors (Lipinski definition) is 3. The van der Waals surface area contributed by atoms with E-state index in [4.69, 9.17) is 0 Å². The van der Waals surface area contributed by atoms with E-state index < -0.39 is 10.0 Å². The lowest BCUT2D eigenvalue weighted by Crippen LogP contribution is -2.13. The van der Waals surface area contributed by atoms with Crippen molar-refractivity contribution in [1.29, 1.82) is 0 Å². The third-order valence-corrected chi connectivity index (χ3v) is 4.23. The minimum Gasteiger partial charge on any atom is -0.276 e. The molecule has 0 atom stereocenters. The van der Waals surface area contributed by atoms with Gasteiger partial charge in [0.25, 0.3) is 10.0 Å². The minimum absolute atomic E-state index is 0.252. The van der Waals surface area contributed by atoms with Gasteiger partial charge in [-0.15, -0.1) is 0 Å². The highest BCUT2D eigenvalue weighted by Crippen LogP contribution is 2.19. The summed E-state index contributed by atoms with van der Waals surface area (Å²) >= 11 is 0. The Labute approximate surface area is 113 Å². The fourth-order valence-corrected chi connectivity index (χ4v) is 2.80. The smallest absolute Gasteiger partial charge is 0.262 e. The predicted octanol–water partition coefficient (Wildman–Crippen LogP) is 2.32. The van der Waals surface area contributed by atoms with E-state index in [0.717, 1.165) is 5.56 Å². The number of rotatable bonds is 4. The van der Waals surface area contributed by atoms with Crippen molar-refractivity contribution in [2.75, 3.05) is 4.72 Å². The molecule has 0 bridgehead atoms. The molecule has 0 unspecified atom stereocenters. The molecule has 2 rings (SSSR count). The van der Waals surface area contributed by atoms with Gasteiger partial charge in [-0.3, -0.25) is 9.40 Å². The molecule has 0 aliphatic heterocycles. The number of aromatic nitrogens is 2. The predicted molar refractivity (Wildman–Crippen MR) is 74.6 cm³/mol. The van der Waals surface area contributed by atoms with Gasteiger partial charge in [-0.2, -0.15) is 5.10 Å². The van der Waals surface area contributed by atoms with Crippen molar-refractivity contribution in [3.05, 3.63) is 41.7 Å². The fourth-order valence-electron chi connectivity index (χ4n) is 1.70. The Kier molecular flexibility index (Phi) is 3.61. The average Bonchev–Trinajstić information content (AvgIpc) is 2.70. The SMILES string of the molecule is CCn1cc(NS(=O)(=O)c2ccc(C)cc2)c(C)n1. The Morgan fingerprint density at radius 1 is 1.21 bits per heavy atom. The van der Waals surface area contributed by atoms with Crippen LogP contribution >= 0.6 is 0 Å². The molecule has 1 aromatic heterocycles. The molecule has 5 nitrogen and oxygen atoms in total. The number of benzene rings is 1. The van der Waals surface area contributed by atoms with Crippen LogP contribution in [0, 0.1) is 13.8 Å². The molecule has 0 fully saturated rings. The van der Waals surface area contributed by atoms with Gasteiger partial charge in [0.05, 0.1) is 16.3 Å². The molecule has 0 saturated carbocycles. The molecule has 0 saturated heterocycles. The third-order valence-electron chi connectivity index (χ3n) is 2.85. The van der Waals surface area contributed by atoms with E-state index in [1.54, 1.807) is 42.1 Å². The second kappa shape index (κ2) is 5.05. The number of aryl methyl sites for hydroxylation is 3. The van der Waals surface area contributed by atoms with Crippen LogP contribution in [0.3, 0.4) is 0 Å². The van der Waals surface area contributed by atoms with Gasteiger partial charge in [0, 0.05) is 12.7 Å². The van der Waals surface area contributed by atoms with Gasteiger partial charge in [0.15, 0.2) is 0 Å². The summed E-state index contributed by atoms with van der Waals surface area (Å²) in [7, 11) is -3.55. The van der Waals surface area contributed by atoms with Gasteiger partial charge in [0.2, 0.25) is 0 Å². The van der Waals surface area contributed by atoms with Crippen LogP contribution in [0.15, 0.2) is 35.4 Å². The van der Waals surface area contributed by atoms with Crippen LogP contribution < -0.4 is 4.72 Å². The molecule has 2 aromatic rings. The fraction of sp³-hybridized carbons (Fsp3) is 0.308. The third kappa shape index (κ3) is 2.96. The van der Waals surface area contributed by atoms with Crippen LogP contribution in [0.25, 0.3) is 0 Å². The average molecular weight is 279 g/mol. The van der Waals surface area contributed by atoms with Crippen molar-refractivity contribution in [3.63, 3.8) is 0 Å². The van der Waals surface area contributed by atoms with Gasteiger partial charge >= 0.3 is 0 Å². The highest BCUT2D eigenvalue weighted by atomic mass is 32.2. The van der Waals surface area contributed by atoms with Crippen molar-refractivity contribution in [3.8, 4) is 0 Å². The molecule has 0 aliphatic rings. The Hall–Kier alpha value is -1.82. The molecule has 102 valence electrons. The second-order valence-corrected chi connectivity index (χ2v) is 6.08. The quantitative estimate of drug-likeness (QED) is 0.934. The number of nitrogens with one attached hydrogen (secondary N) is 1. The lowest BCUT2D eigenvalue weighted by molar-refractivity contribution is 0.601. The Morgan fingerprint density at radius 2 is 1.84 bits per heavy atom. The van der Waals surface area contributed by atoms with Crippen molar-refractivity contribution in [2.24, 2.45) is 0 Å². The maximum Gasteiger partial charge on any atom is 0.262 e. The number of hydrogen-bond donors (Lipinski definition) is 1. The zero-order valence-corrected chi connectivity index (χ0v) is 12.0. The van der Waals surface area contributed by atoms with E-state index in [0.29, 0.717) is 17.9 Å². The van der Waals surface area contributed by atoms with Crippen LogP contribution in [0.5, 0.6) is 0 Å². The van der Waals surface area contributed by atoms with E-state index in [9.17, 15) is 8.42 Å². The molecule has 0 aliphatic carbocycles. The molecule has 0 spiro atoms. The van der Waals surface area contributed by atoms with Crippen molar-refractivity contribution < 1.29 is 8.42 Å². The van der Waals surface area contributed by atoms with Gasteiger partial charge in [-0.1, -0.05) is 17.7 Å². The summed E-state index contributed by atoms with van der Waals surface area (Å²) in [6.07, 6.45) is 1.70. The van der Waals surface area contributed by atoms with E-state index in [1.807, 2.05) is 13.8 Å². The van der Waals surface area contributed by atoms with Crippen LogP contribution in [-0.2, 0) is 16.6 Å². The van der Waals surface area contributed by atoms with Gasteiger partial charge in [-0.05, 0) is 32.9 Å². The zero-order chi connectivity index (χ0) is 14.0. The molecule has 19 heavy (non-hydrogen) atoms. The molecule has 6 heteroatoms. The first-order valence-corrected chi connectivity index (χ1v) is 7.54. The first kappa shape index (κ1) is 13.6. The van der Waals surface area contributed by atoms with Crippen LogP contribution in [-0.4, -0.2) is 18.2 Å². The number of nitrogens with zero attached hydrogens (tertiary/aromatic N) is 2. The molecular weight excluding hydrogens is 262 g/mol. The van der Waals surface area contributed by atoms with Crippen LogP contribution in [0.2, 0.25) is 0 Å². The van der Waals surface area contributed by atoms with E-state index >= 15 is 0 Å². The van der Waals surface area contributed by atoms with Crippen molar-refractivity contribution in [2.45, 2.75) is 32.2 Å².